The van der Waals surface area contributed by atoms with Crippen LogP contribution >= 0.6 is 0 Å². The Morgan fingerprint density at radius 1 is 0.962 bits per heavy atom. The van der Waals surface area contributed by atoms with Gasteiger partial charge in [0, 0.05) is 0 Å². The zero-order valence-electron chi connectivity index (χ0n) is 16.3. The van der Waals surface area contributed by atoms with E-state index in [4.69, 9.17) is 9.47 Å². The molecule has 0 radical (unpaired) electrons. The number of hydrogen-bond donors (Lipinski definition) is 0. The molecule has 0 aliphatic heterocycles. The van der Waals surface area contributed by atoms with Gasteiger partial charge >= 0.3 is 11.9 Å². The van der Waals surface area contributed by atoms with Gasteiger partial charge in [0.15, 0.2) is 5.41 Å². The SMILES string of the molecule is CCOC(=O)C(C1CCCCC1)C(C#N)(C(=O)OCC)C1CCCCC1. The Morgan fingerprint density at radius 3 is 2.00 bits per heavy atom. The monoisotopic (exact) mass is 363 g/mol. The maximum absolute atomic E-state index is 13.1. The molecule has 5 nitrogen and oxygen atoms in total. The van der Waals surface area contributed by atoms with Crippen LogP contribution in [0.4, 0.5) is 0 Å². The minimum Gasteiger partial charge on any atom is -0.466 e. The van der Waals surface area contributed by atoms with Crippen LogP contribution in [0.3, 0.4) is 0 Å². The lowest BCUT2D eigenvalue weighted by molar-refractivity contribution is -0.174. The largest absolute Gasteiger partial charge is 0.466 e. The number of nitrogens with zero attached hydrogens (tertiary/aromatic N) is 1. The molecule has 0 aromatic carbocycles. The van der Waals surface area contributed by atoms with Crippen LogP contribution in [0.25, 0.3) is 0 Å². The van der Waals surface area contributed by atoms with Gasteiger partial charge in [0.2, 0.25) is 0 Å². The normalized spacial score (nSPS) is 22.7. The minimum atomic E-state index is -1.41. The molecular weight excluding hydrogens is 330 g/mol. The van der Waals surface area contributed by atoms with Crippen LogP contribution in [0.5, 0.6) is 0 Å². The number of ether oxygens (including phenoxy) is 2. The van der Waals surface area contributed by atoms with Crippen molar-refractivity contribution in [2.45, 2.75) is 78.1 Å². The van der Waals surface area contributed by atoms with Crippen molar-refractivity contribution in [3.8, 4) is 6.07 Å². The molecule has 26 heavy (non-hydrogen) atoms. The predicted molar refractivity (Wildman–Crippen MR) is 98.0 cm³/mol. The first kappa shape index (κ1) is 20.7. The van der Waals surface area contributed by atoms with Crippen molar-refractivity contribution in [3.05, 3.63) is 0 Å². The molecule has 2 unspecified atom stereocenters. The van der Waals surface area contributed by atoms with E-state index in [2.05, 4.69) is 6.07 Å². The third-order valence-electron chi connectivity index (χ3n) is 6.20. The van der Waals surface area contributed by atoms with Gasteiger partial charge in [-0.1, -0.05) is 38.5 Å². The van der Waals surface area contributed by atoms with Crippen molar-refractivity contribution in [2.75, 3.05) is 13.2 Å². The summed E-state index contributed by atoms with van der Waals surface area (Å²) in [6.07, 6.45) is 9.68. The lowest BCUT2D eigenvalue weighted by Crippen LogP contribution is -2.52. The van der Waals surface area contributed by atoms with Crippen LogP contribution < -0.4 is 0 Å². The first-order valence-electron chi connectivity index (χ1n) is 10.4. The van der Waals surface area contributed by atoms with E-state index in [1.807, 2.05) is 0 Å². The average molecular weight is 363 g/mol. The topological polar surface area (TPSA) is 76.4 Å². The summed E-state index contributed by atoms with van der Waals surface area (Å²) in [7, 11) is 0. The Labute approximate surface area is 157 Å². The molecule has 0 amide bonds. The van der Waals surface area contributed by atoms with E-state index in [0.29, 0.717) is 0 Å². The second-order valence-electron chi connectivity index (χ2n) is 7.66. The fourth-order valence-electron chi connectivity index (χ4n) is 5.01. The zero-order valence-corrected chi connectivity index (χ0v) is 16.3. The quantitative estimate of drug-likeness (QED) is 0.627. The summed E-state index contributed by atoms with van der Waals surface area (Å²) in [6, 6.07) is 2.33. The molecule has 2 rings (SSSR count). The smallest absolute Gasteiger partial charge is 0.327 e. The third kappa shape index (κ3) is 4.22. The van der Waals surface area contributed by atoms with Crippen molar-refractivity contribution in [1.29, 1.82) is 5.26 Å². The fourth-order valence-corrected chi connectivity index (χ4v) is 5.01. The van der Waals surface area contributed by atoms with E-state index in [1.54, 1.807) is 13.8 Å². The van der Waals surface area contributed by atoms with Crippen molar-refractivity contribution in [3.63, 3.8) is 0 Å². The second kappa shape index (κ2) is 9.94. The van der Waals surface area contributed by atoms with E-state index in [9.17, 15) is 14.9 Å². The summed E-state index contributed by atoms with van der Waals surface area (Å²) in [6.45, 7) is 4.00. The first-order chi connectivity index (χ1) is 12.6. The summed E-state index contributed by atoms with van der Waals surface area (Å²) in [5.74, 6) is -1.72. The van der Waals surface area contributed by atoms with Crippen molar-refractivity contribution >= 4 is 11.9 Å². The highest BCUT2D eigenvalue weighted by atomic mass is 16.5. The van der Waals surface area contributed by atoms with E-state index in [0.717, 1.165) is 64.2 Å². The van der Waals surface area contributed by atoms with E-state index in [1.165, 1.54) is 0 Å². The van der Waals surface area contributed by atoms with Crippen molar-refractivity contribution in [1.82, 2.24) is 0 Å². The molecule has 0 heterocycles. The first-order valence-corrected chi connectivity index (χ1v) is 10.4. The Morgan fingerprint density at radius 2 is 1.50 bits per heavy atom. The maximum Gasteiger partial charge on any atom is 0.327 e. The molecule has 0 aromatic rings. The molecule has 0 N–H and O–H groups in total. The number of carbonyl (C=O) groups is 2. The molecule has 0 aromatic heterocycles. The molecule has 2 fully saturated rings. The van der Waals surface area contributed by atoms with Gasteiger partial charge in [-0.2, -0.15) is 5.26 Å². The van der Waals surface area contributed by atoms with Crippen LogP contribution in [0.15, 0.2) is 0 Å². The predicted octanol–water partition coefficient (Wildman–Crippen LogP) is 4.40. The number of carbonyl (C=O) groups excluding carboxylic acids is 2. The highest BCUT2D eigenvalue weighted by Gasteiger charge is 2.59. The standard InChI is InChI=1S/C21H33NO4/c1-3-25-19(23)18(16-11-7-5-8-12-16)21(15-22,20(24)26-4-2)17-13-9-6-10-14-17/h16-18H,3-14H2,1-2H3. The van der Waals surface area contributed by atoms with Gasteiger partial charge < -0.3 is 9.47 Å². The van der Waals surface area contributed by atoms with Crippen LogP contribution in [0.1, 0.15) is 78.1 Å². The number of esters is 2. The molecule has 0 spiro atoms. The Balaban J connectivity index is 2.49. The molecule has 146 valence electrons. The lowest BCUT2D eigenvalue weighted by atomic mass is 9.57. The highest BCUT2D eigenvalue weighted by Crippen LogP contribution is 2.50. The van der Waals surface area contributed by atoms with Crippen LogP contribution in [0.2, 0.25) is 0 Å². The number of rotatable bonds is 7. The van der Waals surface area contributed by atoms with Gasteiger partial charge in [0.1, 0.15) is 0 Å². The van der Waals surface area contributed by atoms with Gasteiger partial charge in [0.25, 0.3) is 0 Å². The molecule has 2 aliphatic rings. The molecule has 2 aliphatic carbocycles. The molecule has 0 bridgehead atoms. The van der Waals surface area contributed by atoms with E-state index >= 15 is 0 Å². The summed E-state index contributed by atoms with van der Waals surface area (Å²) in [4.78, 5) is 26.2. The van der Waals surface area contributed by atoms with Gasteiger partial charge in [-0.25, -0.2) is 0 Å². The summed E-state index contributed by atoms with van der Waals surface area (Å²) in [5, 5.41) is 10.3. The summed E-state index contributed by atoms with van der Waals surface area (Å²) < 4.78 is 10.8. The van der Waals surface area contributed by atoms with E-state index < -0.39 is 17.3 Å². The van der Waals surface area contributed by atoms with Crippen LogP contribution in [-0.4, -0.2) is 25.2 Å². The molecule has 5 heteroatoms. The van der Waals surface area contributed by atoms with Crippen molar-refractivity contribution < 1.29 is 19.1 Å². The van der Waals surface area contributed by atoms with Crippen LogP contribution in [0, 0.1) is 34.5 Å². The molecule has 0 saturated heterocycles. The molecular formula is C21H33NO4. The highest BCUT2D eigenvalue weighted by molar-refractivity contribution is 5.88. The van der Waals surface area contributed by atoms with Gasteiger partial charge in [0.05, 0.1) is 25.2 Å². The minimum absolute atomic E-state index is 0.0220. The van der Waals surface area contributed by atoms with Gasteiger partial charge in [-0.05, 0) is 51.4 Å². The van der Waals surface area contributed by atoms with Crippen LogP contribution in [-0.2, 0) is 19.1 Å². The fraction of sp³-hybridized carbons (Fsp3) is 0.857. The molecule has 2 saturated carbocycles. The second-order valence-corrected chi connectivity index (χ2v) is 7.66. The third-order valence-corrected chi connectivity index (χ3v) is 6.20. The maximum atomic E-state index is 13.1. The Bertz CT molecular complexity index is 515. The Kier molecular flexibility index (Phi) is 7.93. The lowest BCUT2D eigenvalue weighted by Gasteiger charge is -2.43. The Hall–Kier alpha value is -1.57. The molecule has 2 atom stereocenters. The number of nitriles is 1. The zero-order chi connectivity index (χ0) is 19.0. The summed E-state index contributed by atoms with van der Waals surface area (Å²) >= 11 is 0. The number of hydrogen-bond acceptors (Lipinski definition) is 5. The van der Waals surface area contributed by atoms with Gasteiger partial charge in [-0.15, -0.1) is 0 Å². The summed E-state index contributed by atoms with van der Waals surface area (Å²) in [5.41, 5.74) is -1.41. The average Bonchev–Trinajstić information content (AvgIpc) is 2.67. The van der Waals surface area contributed by atoms with Gasteiger partial charge in [-0.3, -0.25) is 9.59 Å². The van der Waals surface area contributed by atoms with E-state index in [-0.39, 0.29) is 31.0 Å². The van der Waals surface area contributed by atoms with Crippen molar-refractivity contribution in [2.24, 2.45) is 23.2 Å².